The van der Waals surface area contributed by atoms with E-state index in [2.05, 4.69) is 117 Å². The van der Waals surface area contributed by atoms with E-state index in [9.17, 15) is 9.59 Å². The molecule has 4 aromatic rings. The lowest BCUT2D eigenvalue weighted by molar-refractivity contribution is -0.144. The largest absolute Gasteiger partial charge is 0.412 e. The third-order valence-corrected chi connectivity index (χ3v) is 19.5. The Morgan fingerprint density at radius 1 is 0.984 bits per heavy atom. The van der Waals surface area contributed by atoms with Gasteiger partial charge in [0.05, 0.1) is 41.1 Å². The number of amides is 2. The molecule has 0 radical (unpaired) electrons. The van der Waals surface area contributed by atoms with Crippen LogP contribution in [0.15, 0.2) is 66.3 Å². The van der Waals surface area contributed by atoms with Gasteiger partial charge in [-0.1, -0.05) is 101 Å². The molecule has 0 bridgehead atoms. The van der Waals surface area contributed by atoms with Gasteiger partial charge in [0.1, 0.15) is 12.1 Å². The molecule has 0 spiro atoms. The Hall–Kier alpha value is -3.75. The normalized spacial score (nSPS) is 20.4. The molecule has 1 N–H and O–H groups in total. The molecule has 11 nitrogen and oxygen atoms in total. The summed E-state index contributed by atoms with van der Waals surface area (Å²) in [7, 11) is -2.19. The van der Waals surface area contributed by atoms with Crippen molar-refractivity contribution in [3.63, 3.8) is 0 Å². The van der Waals surface area contributed by atoms with Crippen LogP contribution in [-0.2, 0) is 38.3 Å². The summed E-state index contributed by atoms with van der Waals surface area (Å²) >= 11 is 1.63. The highest BCUT2D eigenvalue weighted by Crippen LogP contribution is 2.47. The molecule has 1 aliphatic carbocycles. The van der Waals surface area contributed by atoms with E-state index in [1.807, 2.05) is 36.8 Å². The molecule has 2 aliphatic heterocycles. The highest BCUT2D eigenvalue weighted by molar-refractivity contribution is 7.13. The van der Waals surface area contributed by atoms with Crippen molar-refractivity contribution in [2.75, 3.05) is 32.8 Å². The molecule has 2 aromatic carbocycles. The smallest absolute Gasteiger partial charge is 0.248 e. The number of benzene rings is 2. The van der Waals surface area contributed by atoms with Gasteiger partial charge in [0.15, 0.2) is 8.32 Å². The fourth-order valence-corrected chi connectivity index (χ4v) is 11.1. The Balaban J connectivity index is 0.959. The Bertz CT molecular complexity index is 2100. The van der Waals surface area contributed by atoms with Crippen molar-refractivity contribution in [2.45, 2.75) is 143 Å². The Kier molecular flexibility index (Phi) is 14.3. The number of rotatable bonds is 17. The average molecular weight is 882 g/mol. The molecular weight excluding hydrogens is 811 g/mol. The standard InChI is InChI=1S/C49H71N7O4SSi/c1-35-43(61-34-51-35)39-18-15-37(16-19-39)28-50-45(57)42-27-41(60-62(8,9)48(5,6)7)30-55(42)46(58)44(47(2,3)4)56-29-40(52-53-56)20-17-36-21-25-54(26-22-36)32-49(23-24-49)33-59-31-38-13-11-10-12-14-38/h10-16,18-19,29,34,36,41-42,44H,17,20-28,30-33H2,1-9H3,(H,50,57)/t41-,42+,44-/m1/s1. The number of carbonyl (C=O) groups is 2. The lowest BCUT2D eigenvalue weighted by atomic mass is 9.85. The van der Waals surface area contributed by atoms with Gasteiger partial charge in [-0.15, -0.1) is 16.4 Å². The molecule has 3 atom stereocenters. The van der Waals surface area contributed by atoms with Crippen molar-refractivity contribution in [3.05, 3.63) is 88.8 Å². The lowest BCUT2D eigenvalue weighted by Gasteiger charge is -2.38. The zero-order valence-corrected chi connectivity index (χ0v) is 40.6. The van der Waals surface area contributed by atoms with E-state index >= 15 is 0 Å². The van der Waals surface area contributed by atoms with Crippen LogP contribution in [0.3, 0.4) is 0 Å². The molecule has 336 valence electrons. The van der Waals surface area contributed by atoms with Gasteiger partial charge in [-0.05, 0) is 105 Å². The second-order valence-corrected chi connectivity index (χ2v) is 26.7. The zero-order chi connectivity index (χ0) is 44.3. The molecule has 2 saturated heterocycles. The van der Waals surface area contributed by atoms with Gasteiger partial charge >= 0.3 is 0 Å². The quantitative estimate of drug-likeness (QED) is 0.105. The van der Waals surface area contributed by atoms with E-state index in [0.29, 0.717) is 37.5 Å². The highest BCUT2D eigenvalue weighted by atomic mass is 32.1. The van der Waals surface area contributed by atoms with Crippen LogP contribution >= 0.6 is 11.3 Å². The van der Waals surface area contributed by atoms with E-state index in [-0.39, 0.29) is 23.0 Å². The second-order valence-electron chi connectivity index (χ2n) is 21.1. The predicted molar refractivity (Wildman–Crippen MR) is 250 cm³/mol. The first-order chi connectivity index (χ1) is 29.4. The third kappa shape index (κ3) is 11.5. The van der Waals surface area contributed by atoms with Crippen LogP contribution < -0.4 is 5.32 Å². The number of nitrogens with one attached hydrogen (secondary N) is 1. The first-order valence-corrected chi connectivity index (χ1v) is 26.7. The van der Waals surface area contributed by atoms with Gasteiger partial charge in [-0.2, -0.15) is 0 Å². The molecule has 1 saturated carbocycles. The van der Waals surface area contributed by atoms with Crippen molar-refractivity contribution in [1.82, 2.24) is 35.1 Å². The number of nitrogens with zero attached hydrogens (tertiary/aromatic N) is 6. The number of hydrogen-bond donors (Lipinski definition) is 1. The molecule has 62 heavy (non-hydrogen) atoms. The van der Waals surface area contributed by atoms with Crippen LogP contribution in [0.25, 0.3) is 10.4 Å². The minimum Gasteiger partial charge on any atom is -0.412 e. The summed E-state index contributed by atoms with van der Waals surface area (Å²) in [4.78, 5) is 39.1. The average Bonchev–Trinajstić information content (AvgIpc) is 3.51. The number of thiazole rings is 1. The van der Waals surface area contributed by atoms with Crippen molar-refractivity contribution < 1.29 is 18.8 Å². The Morgan fingerprint density at radius 3 is 2.32 bits per heavy atom. The fraction of sp³-hybridized carbons (Fsp3) is 0.612. The summed E-state index contributed by atoms with van der Waals surface area (Å²) in [5.74, 6) is 0.359. The van der Waals surface area contributed by atoms with Crippen LogP contribution in [0.2, 0.25) is 18.1 Å². The maximum Gasteiger partial charge on any atom is 0.248 e. The van der Waals surface area contributed by atoms with Gasteiger partial charge in [-0.25, -0.2) is 9.67 Å². The van der Waals surface area contributed by atoms with Crippen LogP contribution in [0.4, 0.5) is 0 Å². The molecular formula is C49H71N7O4SSi. The highest BCUT2D eigenvalue weighted by Gasteiger charge is 2.49. The zero-order valence-electron chi connectivity index (χ0n) is 38.8. The van der Waals surface area contributed by atoms with Gasteiger partial charge in [0.25, 0.3) is 0 Å². The molecule has 13 heteroatoms. The van der Waals surface area contributed by atoms with Crippen LogP contribution in [-0.4, -0.2) is 94.8 Å². The molecule has 0 unspecified atom stereocenters. The third-order valence-electron chi connectivity index (χ3n) is 14.0. The van der Waals surface area contributed by atoms with Crippen molar-refractivity contribution in [3.8, 4) is 10.4 Å². The van der Waals surface area contributed by atoms with E-state index < -0.39 is 25.8 Å². The maximum atomic E-state index is 14.9. The summed E-state index contributed by atoms with van der Waals surface area (Å²) in [6.45, 7) is 25.0. The predicted octanol–water partition coefficient (Wildman–Crippen LogP) is 9.25. The lowest BCUT2D eigenvalue weighted by Crippen LogP contribution is -2.50. The molecule has 2 aromatic heterocycles. The van der Waals surface area contributed by atoms with E-state index in [1.54, 1.807) is 20.9 Å². The fourth-order valence-electron chi connectivity index (χ4n) is 8.96. The van der Waals surface area contributed by atoms with Crippen molar-refractivity contribution in [1.29, 1.82) is 0 Å². The number of ether oxygens (including phenoxy) is 1. The van der Waals surface area contributed by atoms with Gasteiger partial charge in [-0.3, -0.25) is 9.59 Å². The number of carbonyl (C=O) groups excluding carboxylic acids is 2. The SMILES string of the molecule is Cc1ncsc1-c1ccc(CNC(=O)[C@@H]2C[C@@H](O[Si](C)(C)C(C)(C)C)CN2C(=O)[C@@H](n2cc(CCC3CCN(CC4(COCc5ccccc5)CC4)CC3)nn2)C(C)(C)C)cc1. The van der Waals surface area contributed by atoms with Crippen LogP contribution in [0, 0.1) is 23.7 Å². The Morgan fingerprint density at radius 2 is 1.69 bits per heavy atom. The second kappa shape index (κ2) is 19.2. The first kappa shape index (κ1) is 46.2. The summed E-state index contributed by atoms with van der Waals surface area (Å²) in [6, 6.07) is 17.4. The molecule has 2 amide bonds. The monoisotopic (exact) mass is 882 g/mol. The molecule has 4 heterocycles. The number of aromatic nitrogens is 4. The Labute approximate surface area is 375 Å². The molecule has 3 fully saturated rings. The number of aryl methyl sites for hydroxylation is 2. The first-order valence-electron chi connectivity index (χ1n) is 22.9. The van der Waals surface area contributed by atoms with E-state index in [4.69, 9.17) is 9.16 Å². The van der Waals surface area contributed by atoms with Gasteiger partial charge < -0.3 is 24.3 Å². The summed E-state index contributed by atoms with van der Waals surface area (Å²) in [6.07, 6.45) is 8.97. The molecule has 3 aliphatic rings. The minimum atomic E-state index is -2.19. The maximum absolute atomic E-state index is 14.9. The van der Waals surface area contributed by atoms with Gasteiger partial charge in [0, 0.05) is 37.7 Å². The van der Waals surface area contributed by atoms with Gasteiger partial charge in [0.2, 0.25) is 11.8 Å². The number of piperidine rings is 1. The summed E-state index contributed by atoms with van der Waals surface area (Å²) in [5, 5.41) is 12.4. The molecule has 7 rings (SSSR count). The van der Waals surface area contributed by atoms with E-state index in [1.165, 1.54) is 31.2 Å². The van der Waals surface area contributed by atoms with Crippen molar-refractivity contribution >= 4 is 31.5 Å². The van der Waals surface area contributed by atoms with Crippen LogP contribution in [0.5, 0.6) is 0 Å². The number of likely N-dealkylation sites (tertiary alicyclic amines) is 2. The summed E-state index contributed by atoms with van der Waals surface area (Å²) in [5.41, 5.74) is 6.97. The minimum absolute atomic E-state index is 0.00820. The van der Waals surface area contributed by atoms with E-state index in [0.717, 1.165) is 66.5 Å². The topological polar surface area (TPSA) is 115 Å². The van der Waals surface area contributed by atoms with Crippen LogP contribution in [0.1, 0.15) is 109 Å². The summed E-state index contributed by atoms with van der Waals surface area (Å²) < 4.78 is 14.8. The number of hydrogen-bond acceptors (Lipinski definition) is 9. The van der Waals surface area contributed by atoms with Crippen molar-refractivity contribution in [2.24, 2.45) is 16.7 Å².